The first kappa shape index (κ1) is 42.5. The van der Waals surface area contributed by atoms with Crippen molar-refractivity contribution in [1.82, 2.24) is 19.9 Å². The van der Waals surface area contributed by atoms with E-state index in [2.05, 4.69) is 19.9 Å². The molecule has 3 aromatic heterocycles. The van der Waals surface area contributed by atoms with Gasteiger partial charge in [-0.1, -0.05) is 0 Å². The van der Waals surface area contributed by atoms with Gasteiger partial charge in [-0.25, -0.2) is 9.97 Å². The van der Waals surface area contributed by atoms with Gasteiger partial charge in [0.25, 0.3) is 0 Å². The number of carbonyl (C=O) groups is 8. The molecule has 0 amide bonds. The fourth-order valence-corrected chi connectivity index (χ4v) is 7.21. The quantitative estimate of drug-likeness (QED) is 0.0824. The van der Waals surface area contributed by atoms with Gasteiger partial charge in [-0.2, -0.15) is 0 Å². The molecular weight excluding hydrogens is 780 g/mol. The molecule has 308 valence electrons. The molecule has 0 saturated heterocycles. The van der Waals surface area contributed by atoms with Crippen molar-refractivity contribution in [2.45, 2.75) is 70.6 Å². The molecule has 2 aliphatic rings. The molecule has 0 spiro atoms. The topological polar surface area (TPSA) is 356 Å². The predicted molar refractivity (Wildman–Crippen MR) is 203 cm³/mol. The number of nitrogens with one attached hydrogen (secondary N) is 2. The maximum absolute atomic E-state index is 12.3. The Labute approximate surface area is 330 Å². The lowest BCUT2D eigenvalue weighted by molar-refractivity contribution is -0.138. The van der Waals surface area contributed by atoms with Gasteiger partial charge in [-0.05, 0) is 88.1 Å². The molecule has 5 heterocycles. The summed E-state index contributed by atoms with van der Waals surface area (Å²) in [4.78, 5) is 112. The summed E-state index contributed by atoms with van der Waals surface area (Å²) in [6.07, 6.45) is -5.94. The van der Waals surface area contributed by atoms with Crippen LogP contribution in [0.3, 0.4) is 0 Å². The maximum atomic E-state index is 12.3. The highest BCUT2D eigenvalue weighted by atomic mass is 16.4. The molecule has 3 aromatic rings. The number of aromatic amines is 2. The van der Waals surface area contributed by atoms with Crippen molar-refractivity contribution in [3.8, 4) is 0 Å². The first-order valence-corrected chi connectivity index (χ1v) is 17.8. The van der Waals surface area contributed by atoms with E-state index in [1.165, 1.54) is 24.3 Å². The molecule has 0 aromatic carbocycles. The zero-order valence-corrected chi connectivity index (χ0v) is 30.8. The molecule has 0 atom stereocenters. The zero-order valence-electron chi connectivity index (χ0n) is 30.8. The number of carboxylic acids is 8. The highest BCUT2D eigenvalue weighted by Crippen LogP contribution is 2.40. The molecule has 10 N–H and O–H groups in total. The Hall–Kier alpha value is -7.64. The number of aryl methyl sites for hydroxylation is 2. The fraction of sp³-hybridized carbons (Fsp3) is 0.282. The Morgan fingerprint density at radius 2 is 0.661 bits per heavy atom. The van der Waals surface area contributed by atoms with Gasteiger partial charge in [-0.15, -0.1) is 0 Å². The molecule has 20 nitrogen and oxygen atoms in total. The number of hydrogen-bond donors (Lipinski definition) is 10. The minimum absolute atomic E-state index is 0.00371. The Kier molecular flexibility index (Phi) is 12.7. The summed E-state index contributed by atoms with van der Waals surface area (Å²) < 4.78 is 0. The number of allylic oxidation sites excluding steroid dienone is 1. The molecule has 59 heavy (non-hydrogen) atoms. The molecule has 2 aliphatic heterocycles. The van der Waals surface area contributed by atoms with Gasteiger partial charge in [0.15, 0.2) is 0 Å². The van der Waals surface area contributed by atoms with E-state index in [9.17, 15) is 79.2 Å². The van der Waals surface area contributed by atoms with Crippen molar-refractivity contribution < 1.29 is 79.2 Å². The lowest BCUT2D eigenvalue weighted by Gasteiger charge is -2.06. The van der Waals surface area contributed by atoms with Crippen LogP contribution in [0.5, 0.6) is 0 Å². The third kappa shape index (κ3) is 10.2. The number of H-pyrrole nitrogens is 2. The molecular formula is C39H36N4O16. The van der Waals surface area contributed by atoms with Crippen LogP contribution in [0, 0.1) is 0 Å². The van der Waals surface area contributed by atoms with Gasteiger partial charge >= 0.3 is 47.8 Å². The second-order valence-corrected chi connectivity index (χ2v) is 13.6. The number of aliphatic carboxylic acids is 8. The first-order chi connectivity index (χ1) is 27.8. The fourth-order valence-electron chi connectivity index (χ4n) is 7.21. The van der Waals surface area contributed by atoms with Crippen LogP contribution in [0.15, 0.2) is 24.3 Å². The summed E-state index contributed by atoms with van der Waals surface area (Å²) in [5.74, 6) is -10.6. The van der Waals surface area contributed by atoms with Crippen molar-refractivity contribution in [3.05, 3.63) is 69.3 Å². The molecule has 0 radical (unpaired) electrons. The normalized spacial score (nSPS) is 12.4. The maximum Gasteiger partial charge on any atom is 0.307 e. The molecule has 20 heteroatoms. The highest BCUT2D eigenvalue weighted by Gasteiger charge is 2.29. The second kappa shape index (κ2) is 17.7. The number of rotatable bonds is 19. The number of fused-ring (bicyclic) bond motifs is 8. The van der Waals surface area contributed by atoms with Crippen LogP contribution in [0.1, 0.15) is 90.0 Å². The number of carboxylic acid groups (broad SMARTS) is 8. The van der Waals surface area contributed by atoms with Crippen molar-refractivity contribution in [1.29, 1.82) is 0 Å². The van der Waals surface area contributed by atoms with Gasteiger partial charge in [-0.3, -0.25) is 38.4 Å². The Bertz CT molecular complexity index is 2580. The van der Waals surface area contributed by atoms with Crippen molar-refractivity contribution in [2.75, 3.05) is 0 Å². The SMILES string of the molecule is O=C(O)CCC1=C(CC(=O)O)c2cc3nc(cc4[nH]c(cc5[nH]c(cc1n2)c(CC(=O)O)c5CCC(=O)O)c(CC(=O)O)c4CCC(=O)O)C(CC(=O)O)=C3CC(=O)O. The zero-order chi connectivity index (χ0) is 43.3. The molecule has 8 bridgehead atoms. The summed E-state index contributed by atoms with van der Waals surface area (Å²) in [6.45, 7) is 0. The second-order valence-electron chi connectivity index (χ2n) is 13.6. The number of nitrogens with zero attached hydrogens (tertiary/aromatic N) is 2. The summed E-state index contributed by atoms with van der Waals surface area (Å²) in [5, 5.41) is 78.7. The van der Waals surface area contributed by atoms with Crippen LogP contribution in [0.25, 0.3) is 44.4 Å². The van der Waals surface area contributed by atoms with E-state index in [0.29, 0.717) is 0 Å². The van der Waals surface area contributed by atoms with Crippen LogP contribution < -0.4 is 0 Å². The molecule has 0 aliphatic carbocycles. The monoisotopic (exact) mass is 816 g/mol. The Balaban J connectivity index is 2.10. The van der Waals surface area contributed by atoms with Gasteiger partial charge in [0.1, 0.15) is 0 Å². The van der Waals surface area contributed by atoms with E-state index >= 15 is 0 Å². The van der Waals surface area contributed by atoms with Gasteiger partial charge in [0.2, 0.25) is 0 Å². The van der Waals surface area contributed by atoms with Crippen molar-refractivity contribution >= 4 is 92.1 Å². The van der Waals surface area contributed by atoms with E-state index < -0.39 is 99.1 Å². The summed E-state index contributed by atoms with van der Waals surface area (Å²) >= 11 is 0. The third-order valence-electron chi connectivity index (χ3n) is 9.55. The van der Waals surface area contributed by atoms with E-state index in [0.717, 1.165) is 0 Å². The van der Waals surface area contributed by atoms with Crippen LogP contribution in [-0.2, 0) is 64.0 Å². The average molecular weight is 817 g/mol. The Morgan fingerprint density at radius 3 is 1.05 bits per heavy atom. The smallest absolute Gasteiger partial charge is 0.307 e. The summed E-state index contributed by atoms with van der Waals surface area (Å²) in [5.41, 5.74) is 0.245. The standard InChI is InChI=1S/C39H36N4O16/c44-32(45)4-1-16-19(7-35(50)51)27-13-25-18(3-6-34(48)49)21(9-37(54)55)29(42-25)15-31-23(11-39(58)59)22(10-38(56)57)30(43-31)14-26-17(2-5-33(46)47)20(8-36(52)53)28(41-26)12-24(16)40-27/h12-15,40-41H,1-11H2,(H,44,45)(H,46,47)(H,48,49)(H,50,51)(H,52,53)(H,54,55)(H,56,57)(H,58,59). The molecule has 0 fully saturated rings. The highest BCUT2D eigenvalue weighted by molar-refractivity contribution is 6.05. The van der Waals surface area contributed by atoms with Gasteiger partial charge in [0.05, 0.1) is 54.9 Å². The van der Waals surface area contributed by atoms with Gasteiger partial charge in [0, 0.05) is 41.3 Å². The van der Waals surface area contributed by atoms with Crippen molar-refractivity contribution in [2.24, 2.45) is 0 Å². The van der Waals surface area contributed by atoms with Crippen LogP contribution in [0.2, 0.25) is 0 Å². The summed E-state index contributed by atoms with van der Waals surface area (Å²) in [7, 11) is 0. The molecule has 0 saturated carbocycles. The minimum atomic E-state index is -1.40. The lowest BCUT2D eigenvalue weighted by atomic mass is 9.95. The lowest BCUT2D eigenvalue weighted by Crippen LogP contribution is -2.05. The molecule has 5 rings (SSSR count). The van der Waals surface area contributed by atoms with Crippen LogP contribution in [0.4, 0.5) is 0 Å². The van der Waals surface area contributed by atoms with E-state index in [4.69, 9.17) is 0 Å². The van der Waals surface area contributed by atoms with E-state index in [1.807, 2.05) is 0 Å². The van der Waals surface area contributed by atoms with E-state index in [-0.39, 0.29) is 109 Å². The van der Waals surface area contributed by atoms with Crippen molar-refractivity contribution in [3.63, 3.8) is 0 Å². The van der Waals surface area contributed by atoms with Gasteiger partial charge < -0.3 is 50.8 Å². The van der Waals surface area contributed by atoms with Crippen LogP contribution in [-0.4, -0.2) is 109 Å². The largest absolute Gasteiger partial charge is 0.481 e. The number of aromatic nitrogens is 4. The van der Waals surface area contributed by atoms with E-state index in [1.54, 1.807) is 0 Å². The van der Waals surface area contributed by atoms with Crippen LogP contribution >= 0.6 is 0 Å². The Morgan fingerprint density at radius 1 is 0.356 bits per heavy atom. The minimum Gasteiger partial charge on any atom is -0.481 e. The predicted octanol–water partition coefficient (Wildman–Crippen LogP) is 3.71. The average Bonchev–Trinajstić information content (AvgIpc) is 3.79. The third-order valence-corrected chi connectivity index (χ3v) is 9.55. The first-order valence-electron chi connectivity index (χ1n) is 17.8. The summed E-state index contributed by atoms with van der Waals surface area (Å²) in [6, 6.07) is 5.22. The number of hydrogen-bond acceptors (Lipinski definition) is 10. The molecule has 0 unspecified atom stereocenters.